The van der Waals surface area contributed by atoms with Crippen LogP contribution >= 0.6 is 0 Å². The Balaban J connectivity index is 2.02. The third kappa shape index (κ3) is 6.79. The Kier molecular flexibility index (Phi) is 7.68. The molecule has 0 amide bonds. The average Bonchev–Trinajstić information content (AvgIpc) is 2.82. The van der Waals surface area contributed by atoms with Gasteiger partial charge in [-0.05, 0) is 60.7 Å². The molecular formula is C23H12F6N2O6S. The predicted molar refractivity (Wildman–Crippen MR) is 119 cm³/mol. The number of nitro benzene ring substituents is 1. The minimum Gasteiger partial charge on any atom is -0.457 e. The number of nitrogens with zero attached hydrogens (tertiary/aromatic N) is 2. The third-order valence-corrected chi connectivity index (χ3v) is 6.35. The Bertz CT molecular complexity index is 1530. The number of nitro groups is 1. The Labute approximate surface area is 210 Å². The van der Waals surface area contributed by atoms with Gasteiger partial charge in [-0.2, -0.15) is 18.4 Å². The van der Waals surface area contributed by atoms with Gasteiger partial charge in [0, 0.05) is 17.7 Å². The van der Waals surface area contributed by atoms with E-state index in [4.69, 9.17) is 4.74 Å². The molecule has 0 aliphatic rings. The van der Waals surface area contributed by atoms with Crippen LogP contribution in [0, 0.1) is 21.4 Å². The first kappa shape index (κ1) is 28.0. The number of hydrogen-bond donors (Lipinski definition) is 0. The van der Waals surface area contributed by atoms with Crippen LogP contribution in [-0.4, -0.2) is 19.7 Å². The van der Waals surface area contributed by atoms with E-state index in [1.807, 2.05) is 0 Å². The van der Waals surface area contributed by atoms with Crippen LogP contribution in [0.1, 0.15) is 11.1 Å². The summed E-state index contributed by atoms with van der Waals surface area (Å²) in [6.45, 7) is 0. The SMILES string of the molecule is N#C/C(=C\c1cc([N+](=O)[O-])ccc1Oc1ccc(C(F)(F)F)cc1)S(=O)(=O)c1ccc(OC(F)(F)F)cc1. The van der Waals surface area contributed by atoms with E-state index >= 15 is 0 Å². The zero-order valence-electron chi connectivity index (χ0n) is 18.4. The maximum Gasteiger partial charge on any atom is 0.573 e. The summed E-state index contributed by atoms with van der Waals surface area (Å²) in [5.41, 5.74) is -1.80. The zero-order valence-corrected chi connectivity index (χ0v) is 19.3. The molecule has 0 saturated heterocycles. The molecule has 0 spiro atoms. The molecule has 0 atom stereocenters. The normalized spacial score (nSPS) is 12.5. The molecule has 198 valence electrons. The van der Waals surface area contributed by atoms with Crippen molar-refractivity contribution in [2.45, 2.75) is 17.4 Å². The molecule has 15 heteroatoms. The van der Waals surface area contributed by atoms with Crippen LogP contribution in [0.4, 0.5) is 32.0 Å². The fraction of sp³-hybridized carbons (Fsp3) is 0.0870. The van der Waals surface area contributed by atoms with Crippen molar-refractivity contribution < 1.29 is 49.2 Å². The van der Waals surface area contributed by atoms with Gasteiger partial charge < -0.3 is 9.47 Å². The third-order valence-electron chi connectivity index (χ3n) is 4.67. The summed E-state index contributed by atoms with van der Waals surface area (Å²) in [4.78, 5) is 8.85. The number of benzene rings is 3. The number of non-ortho nitro benzene ring substituents is 1. The van der Waals surface area contributed by atoms with E-state index in [1.54, 1.807) is 0 Å². The highest BCUT2D eigenvalue weighted by atomic mass is 32.2. The summed E-state index contributed by atoms with van der Waals surface area (Å²) < 4.78 is 111. The molecule has 38 heavy (non-hydrogen) atoms. The highest BCUT2D eigenvalue weighted by molar-refractivity contribution is 7.95. The zero-order chi connectivity index (χ0) is 28.3. The number of rotatable bonds is 7. The smallest absolute Gasteiger partial charge is 0.457 e. The molecule has 0 unspecified atom stereocenters. The lowest BCUT2D eigenvalue weighted by atomic mass is 10.1. The lowest BCUT2D eigenvalue weighted by molar-refractivity contribution is -0.384. The number of nitriles is 1. The molecule has 0 aromatic heterocycles. The van der Waals surface area contributed by atoms with Gasteiger partial charge in [0.25, 0.3) is 5.69 Å². The van der Waals surface area contributed by atoms with E-state index in [0.717, 1.165) is 48.5 Å². The molecule has 3 aromatic carbocycles. The van der Waals surface area contributed by atoms with Crippen molar-refractivity contribution in [2.75, 3.05) is 0 Å². The largest absolute Gasteiger partial charge is 0.573 e. The van der Waals surface area contributed by atoms with Crippen LogP contribution in [0.25, 0.3) is 6.08 Å². The first-order chi connectivity index (χ1) is 17.6. The average molecular weight is 558 g/mol. The fourth-order valence-electron chi connectivity index (χ4n) is 2.95. The van der Waals surface area contributed by atoms with Crippen molar-refractivity contribution in [2.24, 2.45) is 0 Å². The number of sulfone groups is 1. The first-order valence-electron chi connectivity index (χ1n) is 9.96. The number of hydrogen-bond acceptors (Lipinski definition) is 7. The Morgan fingerprint density at radius 3 is 2.00 bits per heavy atom. The lowest BCUT2D eigenvalue weighted by Gasteiger charge is -2.12. The Hall–Kier alpha value is -4.58. The molecule has 0 aliphatic carbocycles. The number of halogens is 6. The summed E-state index contributed by atoms with van der Waals surface area (Å²) in [5, 5.41) is 20.7. The summed E-state index contributed by atoms with van der Waals surface area (Å²) in [5.74, 6) is -1.10. The molecule has 0 bridgehead atoms. The molecule has 0 N–H and O–H groups in total. The molecule has 0 fully saturated rings. The van der Waals surface area contributed by atoms with Gasteiger partial charge >= 0.3 is 12.5 Å². The van der Waals surface area contributed by atoms with Gasteiger partial charge in [0.1, 0.15) is 28.2 Å². The second kappa shape index (κ2) is 10.4. The lowest BCUT2D eigenvalue weighted by Crippen LogP contribution is -2.17. The van der Waals surface area contributed by atoms with Crippen molar-refractivity contribution in [1.82, 2.24) is 0 Å². The van der Waals surface area contributed by atoms with Crippen LogP contribution < -0.4 is 9.47 Å². The van der Waals surface area contributed by atoms with Gasteiger partial charge in [-0.25, -0.2) is 8.42 Å². The molecule has 3 rings (SSSR count). The minimum atomic E-state index is -5.02. The van der Waals surface area contributed by atoms with E-state index in [2.05, 4.69) is 4.74 Å². The monoisotopic (exact) mass is 558 g/mol. The number of allylic oxidation sites excluding steroid dienone is 1. The van der Waals surface area contributed by atoms with Crippen LogP contribution in [0.15, 0.2) is 76.5 Å². The maximum absolute atomic E-state index is 12.9. The van der Waals surface area contributed by atoms with Crippen molar-refractivity contribution in [3.63, 3.8) is 0 Å². The molecule has 0 radical (unpaired) electrons. The second-order valence-electron chi connectivity index (χ2n) is 7.25. The van der Waals surface area contributed by atoms with Gasteiger partial charge in [-0.1, -0.05) is 0 Å². The fourth-order valence-corrected chi connectivity index (χ4v) is 4.10. The van der Waals surface area contributed by atoms with Gasteiger partial charge in [-0.15, -0.1) is 13.2 Å². The Morgan fingerprint density at radius 1 is 0.921 bits per heavy atom. The molecule has 0 aliphatic heterocycles. The van der Waals surface area contributed by atoms with Crippen LogP contribution in [0.2, 0.25) is 0 Å². The molecular weight excluding hydrogens is 546 g/mol. The standard InChI is InChI=1S/C23H12F6N2O6S/c24-22(25,26)15-1-4-17(5-2-15)36-21-10-3-16(31(32)33)11-14(21)12-20(13-30)38(34,35)19-8-6-18(7-9-19)37-23(27,28)29/h1-12H/b20-12+. The van der Waals surface area contributed by atoms with Gasteiger partial charge in [0.15, 0.2) is 0 Å². The van der Waals surface area contributed by atoms with Gasteiger partial charge in [0.05, 0.1) is 15.4 Å². The summed E-state index contributed by atoms with van der Waals surface area (Å²) in [6.07, 6.45) is -8.92. The second-order valence-corrected chi connectivity index (χ2v) is 9.16. The Morgan fingerprint density at radius 2 is 1.50 bits per heavy atom. The van der Waals surface area contributed by atoms with E-state index in [1.165, 1.54) is 6.07 Å². The predicted octanol–water partition coefficient (Wildman–Crippen LogP) is 6.64. The quantitative estimate of drug-likeness (QED) is 0.138. The number of ether oxygens (including phenoxy) is 2. The van der Waals surface area contributed by atoms with Crippen molar-refractivity contribution in [3.05, 3.63) is 92.9 Å². The highest BCUT2D eigenvalue weighted by Gasteiger charge is 2.32. The topological polar surface area (TPSA) is 120 Å². The first-order valence-corrected chi connectivity index (χ1v) is 11.4. The summed E-state index contributed by atoms with van der Waals surface area (Å²) >= 11 is 0. The minimum absolute atomic E-state index is 0.136. The van der Waals surface area contributed by atoms with Crippen molar-refractivity contribution >= 4 is 21.6 Å². The van der Waals surface area contributed by atoms with Crippen LogP contribution in [0.5, 0.6) is 17.2 Å². The highest BCUT2D eigenvalue weighted by Crippen LogP contribution is 2.35. The number of alkyl halides is 6. The molecule has 8 nitrogen and oxygen atoms in total. The molecule has 0 saturated carbocycles. The van der Waals surface area contributed by atoms with Crippen LogP contribution in [-0.2, 0) is 16.0 Å². The maximum atomic E-state index is 12.9. The molecule has 0 heterocycles. The molecule has 3 aromatic rings. The van der Waals surface area contributed by atoms with Crippen molar-refractivity contribution in [3.8, 4) is 23.3 Å². The van der Waals surface area contributed by atoms with E-state index in [0.29, 0.717) is 24.3 Å². The van der Waals surface area contributed by atoms with E-state index in [-0.39, 0.29) is 17.1 Å². The van der Waals surface area contributed by atoms with E-state index in [9.17, 15) is 50.1 Å². The summed E-state index contributed by atoms with van der Waals surface area (Å²) in [7, 11) is -4.64. The van der Waals surface area contributed by atoms with Crippen molar-refractivity contribution in [1.29, 1.82) is 5.26 Å². The van der Waals surface area contributed by atoms with E-state index < -0.39 is 54.1 Å². The van der Waals surface area contributed by atoms with Gasteiger partial charge in [0.2, 0.25) is 9.84 Å². The summed E-state index contributed by atoms with van der Waals surface area (Å²) in [6, 6.07) is 10.6. The van der Waals surface area contributed by atoms with Crippen LogP contribution in [0.3, 0.4) is 0 Å². The van der Waals surface area contributed by atoms with Gasteiger partial charge in [-0.3, -0.25) is 10.1 Å².